The molecule has 32 heavy (non-hydrogen) atoms. The summed E-state index contributed by atoms with van der Waals surface area (Å²) in [6.07, 6.45) is 3.07. The molecule has 1 N–H and O–H groups in total. The molecule has 1 aromatic heterocycles. The van der Waals surface area contributed by atoms with Crippen LogP contribution in [0, 0.1) is 6.92 Å². The van der Waals surface area contributed by atoms with E-state index in [2.05, 4.69) is 18.4 Å². The van der Waals surface area contributed by atoms with E-state index in [9.17, 15) is 9.90 Å². The van der Waals surface area contributed by atoms with Gasteiger partial charge in [-0.15, -0.1) is 0 Å². The summed E-state index contributed by atoms with van der Waals surface area (Å²) in [5.41, 5.74) is 3.97. The Balaban J connectivity index is 1.76. The molecule has 164 valence electrons. The summed E-state index contributed by atoms with van der Waals surface area (Å²) < 4.78 is 8.31. The van der Waals surface area contributed by atoms with Crippen LogP contribution >= 0.6 is 0 Å². The fourth-order valence-electron chi connectivity index (χ4n) is 4.12. The number of ether oxygens (including phenoxy) is 1. The van der Waals surface area contributed by atoms with Crippen LogP contribution in [-0.4, -0.2) is 20.6 Å². The van der Waals surface area contributed by atoms with E-state index in [-0.39, 0.29) is 5.56 Å². The molecule has 3 aromatic carbocycles. The Morgan fingerprint density at radius 3 is 2.47 bits per heavy atom. The number of carboxylic acids is 1. The van der Waals surface area contributed by atoms with Crippen LogP contribution in [0.2, 0.25) is 0 Å². The predicted molar refractivity (Wildman–Crippen MR) is 128 cm³/mol. The smallest absolute Gasteiger partial charge is 0.335 e. The molecular formula is C27H28N2O3. The second-order valence-electron chi connectivity index (χ2n) is 8.06. The van der Waals surface area contributed by atoms with E-state index in [0.29, 0.717) is 11.6 Å². The number of fused-ring (bicyclic) bond motifs is 1. The normalized spacial score (nSPS) is 12.1. The number of hydrogen-bond donors (Lipinski definition) is 1. The molecule has 0 aliphatic heterocycles. The molecule has 0 amide bonds. The van der Waals surface area contributed by atoms with Crippen LogP contribution < -0.4 is 4.74 Å². The zero-order chi connectivity index (χ0) is 22.7. The first-order chi connectivity index (χ1) is 15.5. The van der Waals surface area contributed by atoms with Gasteiger partial charge in [0, 0.05) is 11.6 Å². The second-order valence-corrected chi connectivity index (χ2v) is 8.06. The van der Waals surface area contributed by atoms with Gasteiger partial charge in [-0.05, 0) is 73.9 Å². The summed E-state index contributed by atoms with van der Waals surface area (Å²) in [6, 6.07) is 21.4. The third-order valence-electron chi connectivity index (χ3n) is 5.83. The van der Waals surface area contributed by atoms with Gasteiger partial charge in [0.25, 0.3) is 0 Å². The van der Waals surface area contributed by atoms with Gasteiger partial charge in [-0.1, -0.05) is 38.5 Å². The van der Waals surface area contributed by atoms with Crippen LogP contribution in [0.4, 0.5) is 0 Å². The molecule has 4 aromatic rings. The van der Waals surface area contributed by atoms with Crippen molar-refractivity contribution in [2.24, 2.45) is 0 Å². The molecule has 5 nitrogen and oxygen atoms in total. The van der Waals surface area contributed by atoms with Crippen LogP contribution in [-0.2, 0) is 0 Å². The molecule has 0 saturated carbocycles. The molecular weight excluding hydrogens is 400 g/mol. The van der Waals surface area contributed by atoms with E-state index < -0.39 is 5.97 Å². The zero-order valence-electron chi connectivity index (χ0n) is 18.7. The average Bonchev–Trinajstić information content (AvgIpc) is 3.18. The first-order valence-corrected chi connectivity index (χ1v) is 11.1. The minimum absolute atomic E-state index is 0.249. The third kappa shape index (κ3) is 4.24. The summed E-state index contributed by atoms with van der Waals surface area (Å²) in [5.74, 6) is 1.51. The maximum absolute atomic E-state index is 11.5. The highest BCUT2D eigenvalue weighted by Gasteiger charge is 2.20. The molecule has 5 heteroatoms. The lowest BCUT2D eigenvalue weighted by molar-refractivity contribution is 0.0697. The highest BCUT2D eigenvalue weighted by molar-refractivity contribution is 5.93. The van der Waals surface area contributed by atoms with E-state index in [1.165, 1.54) is 0 Å². The van der Waals surface area contributed by atoms with Gasteiger partial charge in [0.05, 0.1) is 16.6 Å². The number of rotatable bonds is 8. The Bertz CT molecular complexity index is 1240. The van der Waals surface area contributed by atoms with Gasteiger partial charge < -0.3 is 14.4 Å². The van der Waals surface area contributed by atoms with Gasteiger partial charge in [0.1, 0.15) is 17.3 Å². The molecule has 1 unspecified atom stereocenters. The molecule has 4 rings (SSSR count). The molecule has 0 bridgehead atoms. The SMILES string of the molecule is CCCC(CC)n1c(-c2ccc(Oc3ccccc3C)cc2)nc2cc(C(=O)O)ccc21. The maximum Gasteiger partial charge on any atom is 0.335 e. The number of nitrogens with zero attached hydrogens (tertiary/aromatic N) is 2. The van der Waals surface area contributed by atoms with Gasteiger partial charge >= 0.3 is 5.97 Å². The van der Waals surface area contributed by atoms with Crippen molar-refractivity contribution in [1.82, 2.24) is 9.55 Å². The fraction of sp³-hybridized carbons (Fsp3) is 0.259. The molecule has 0 radical (unpaired) electrons. The van der Waals surface area contributed by atoms with Crippen molar-refractivity contribution in [2.45, 2.75) is 46.1 Å². The summed E-state index contributed by atoms with van der Waals surface area (Å²) in [4.78, 5) is 16.3. The zero-order valence-corrected chi connectivity index (χ0v) is 18.7. The lowest BCUT2D eigenvalue weighted by Crippen LogP contribution is -2.09. The van der Waals surface area contributed by atoms with Gasteiger partial charge in [-0.25, -0.2) is 9.78 Å². The number of aromatic nitrogens is 2. The van der Waals surface area contributed by atoms with Crippen molar-refractivity contribution in [3.8, 4) is 22.9 Å². The number of hydrogen-bond acceptors (Lipinski definition) is 3. The van der Waals surface area contributed by atoms with Gasteiger partial charge in [-0.3, -0.25) is 0 Å². The van der Waals surface area contributed by atoms with E-state index >= 15 is 0 Å². The highest BCUT2D eigenvalue weighted by Crippen LogP contribution is 2.34. The number of para-hydroxylation sites is 1. The van der Waals surface area contributed by atoms with Crippen LogP contribution in [0.25, 0.3) is 22.4 Å². The predicted octanol–water partition coefficient (Wildman–Crippen LogP) is 7.25. The Hall–Kier alpha value is -3.60. The molecule has 0 spiro atoms. The maximum atomic E-state index is 11.5. The van der Waals surface area contributed by atoms with Crippen LogP contribution in [0.3, 0.4) is 0 Å². The third-order valence-corrected chi connectivity index (χ3v) is 5.83. The van der Waals surface area contributed by atoms with Crippen molar-refractivity contribution < 1.29 is 14.6 Å². The number of aromatic carboxylic acids is 1. The number of imidazole rings is 1. The first kappa shape index (κ1) is 21.6. The molecule has 0 fully saturated rings. The lowest BCUT2D eigenvalue weighted by Gasteiger charge is -2.20. The van der Waals surface area contributed by atoms with Crippen molar-refractivity contribution in [1.29, 1.82) is 0 Å². The second kappa shape index (κ2) is 9.27. The topological polar surface area (TPSA) is 64.4 Å². The van der Waals surface area contributed by atoms with Crippen LogP contribution in [0.15, 0.2) is 66.7 Å². The minimum atomic E-state index is -0.943. The van der Waals surface area contributed by atoms with E-state index in [1.54, 1.807) is 12.1 Å². The number of benzene rings is 3. The van der Waals surface area contributed by atoms with Crippen molar-refractivity contribution >= 4 is 17.0 Å². The molecule has 1 heterocycles. The van der Waals surface area contributed by atoms with Gasteiger partial charge in [0.15, 0.2) is 0 Å². The summed E-state index contributed by atoms with van der Waals surface area (Å²) in [7, 11) is 0. The Kier molecular flexibility index (Phi) is 6.26. The molecule has 0 saturated heterocycles. The van der Waals surface area contributed by atoms with Gasteiger partial charge in [-0.2, -0.15) is 0 Å². The average molecular weight is 429 g/mol. The van der Waals surface area contributed by atoms with E-state index in [1.807, 2.05) is 61.5 Å². The quantitative estimate of drug-likeness (QED) is 0.321. The Labute approximate surface area is 188 Å². The summed E-state index contributed by atoms with van der Waals surface area (Å²) in [6.45, 7) is 6.39. The first-order valence-electron chi connectivity index (χ1n) is 11.1. The Morgan fingerprint density at radius 1 is 1.06 bits per heavy atom. The fourth-order valence-corrected chi connectivity index (χ4v) is 4.12. The Morgan fingerprint density at radius 2 is 1.81 bits per heavy atom. The van der Waals surface area contributed by atoms with Crippen molar-refractivity contribution in [3.05, 3.63) is 77.9 Å². The van der Waals surface area contributed by atoms with E-state index in [0.717, 1.165) is 53.2 Å². The number of carbonyl (C=O) groups is 1. The summed E-state index contributed by atoms with van der Waals surface area (Å²) in [5, 5.41) is 9.40. The van der Waals surface area contributed by atoms with Crippen molar-refractivity contribution in [3.63, 3.8) is 0 Å². The van der Waals surface area contributed by atoms with Crippen molar-refractivity contribution in [2.75, 3.05) is 0 Å². The lowest BCUT2D eigenvalue weighted by atomic mass is 10.1. The summed E-state index contributed by atoms with van der Waals surface area (Å²) >= 11 is 0. The number of carboxylic acid groups (broad SMARTS) is 1. The number of aryl methyl sites for hydroxylation is 1. The largest absolute Gasteiger partial charge is 0.478 e. The monoisotopic (exact) mass is 428 g/mol. The van der Waals surface area contributed by atoms with Gasteiger partial charge in [0.2, 0.25) is 0 Å². The standard InChI is InChI=1S/C27H28N2O3/c1-4-8-21(5-2)29-24-16-13-20(27(30)31)17-23(24)28-26(29)19-11-14-22(15-12-19)32-25-10-7-6-9-18(25)3/h6-7,9-17,21H,4-5,8H2,1-3H3,(H,30,31). The highest BCUT2D eigenvalue weighted by atomic mass is 16.5. The molecule has 0 aliphatic rings. The van der Waals surface area contributed by atoms with Crippen LogP contribution in [0.5, 0.6) is 11.5 Å². The minimum Gasteiger partial charge on any atom is -0.478 e. The molecule has 1 atom stereocenters. The van der Waals surface area contributed by atoms with Crippen LogP contribution in [0.1, 0.15) is 55.1 Å². The molecule has 0 aliphatic carbocycles. The van der Waals surface area contributed by atoms with E-state index in [4.69, 9.17) is 9.72 Å².